The number of fused-ring (bicyclic) bond motifs is 2. The number of hydrogen-bond donors (Lipinski definition) is 1. The van der Waals surface area contributed by atoms with E-state index in [0.717, 1.165) is 0 Å². The van der Waals surface area contributed by atoms with E-state index in [2.05, 4.69) is 5.32 Å². The topological polar surface area (TPSA) is 87.0 Å². The highest BCUT2D eigenvalue weighted by Gasteiger charge is 2.31. The predicted molar refractivity (Wildman–Crippen MR) is 98.9 cm³/mol. The largest absolute Gasteiger partial charge is 0.321 e. The molecule has 0 radical (unpaired) electrons. The van der Waals surface area contributed by atoms with Gasteiger partial charge in [-0.2, -0.15) is 5.26 Å². The number of hydrogen-bond acceptors (Lipinski definition) is 4. The Labute approximate surface area is 154 Å². The minimum Gasteiger partial charge on any atom is -0.321 e. The molecule has 1 aliphatic carbocycles. The predicted octanol–water partition coefficient (Wildman–Crippen LogP) is 3.59. The molecule has 5 nitrogen and oxygen atoms in total. The monoisotopic (exact) mass is 352 g/mol. The number of nitriles is 1. The van der Waals surface area contributed by atoms with E-state index in [-0.39, 0.29) is 28.4 Å². The number of ketones is 2. The summed E-state index contributed by atoms with van der Waals surface area (Å²) in [5.41, 5.74) is 2.25. The van der Waals surface area contributed by atoms with E-state index in [1.54, 1.807) is 54.6 Å². The summed E-state index contributed by atoms with van der Waals surface area (Å²) in [7, 11) is 0. The van der Waals surface area contributed by atoms with Crippen molar-refractivity contribution in [2.45, 2.75) is 0 Å². The van der Waals surface area contributed by atoms with Crippen LogP contribution in [0.5, 0.6) is 0 Å². The Hall–Kier alpha value is -4.04. The van der Waals surface area contributed by atoms with Crippen molar-refractivity contribution in [2.75, 3.05) is 5.32 Å². The van der Waals surface area contributed by atoms with Gasteiger partial charge in [-0.1, -0.05) is 36.4 Å². The number of benzene rings is 3. The van der Waals surface area contributed by atoms with Crippen molar-refractivity contribution in [1.29, 1.82) is 5.26 Å². The standard InChI is InChI=1S/C22H12N2O3/c23-12-13-8-10-14(11-9-13)22(27)24-18-7-3-6-17-19(18)21(26)16-5-2-1-4-15(16)20(17)25/h1-11H,(H,24,27). The van der Waals surface area contributed by atoms with Crippen molar-refractivity contribution < 1.29 is 14.4 Å². The highest BCUT2D eigenvalue weighted by atomic mass is 16.2. The molecular formula is C22H12N2O3. The van der Waals surface area contributed by atoms with Crippen LogP contribution >= 0.6 is 0 Å². The van der Waals surface area contributed by atoms with Crippen LogP contribution in [-0.4, -0.2) is 17.5 Å². The number of carbonyl (C=O) groups is 3. The molecule has 128 valence electrons. The normalized spacial score (nSPS) is 12.0. The fraction of sp³-hybridized carbons (Fsp3) is 0. The lowest BCUT2D eigenvalue weighted by Crippen LogP contribution is -2.23. The van der Waals surface area contributed by atoms with Gasteiger partial charge in [0.1, 0.15) is 0 Å². The van der Waals surface area contributed by atoms with Crippen molar-refractivity contribution in [3.63, 3.8) is 0 Å². The average molecular weight is 352 g/mol. The molecule has 1 N–H and O–H groups in total. The smallest absolute Gasteiger partial charge is 0.255 e. The lowest BCUT2D eigenvalue weighted by molar-refractivity contribution is 0.0978. The van der Waals surface area contributed by atoms with Gasteiger partial charge in [-0.25, -0.2) is 0 Å². The Bertz CT molecular complexity index is 1150. The number of nitrogens with zero attached hydrogens (tertiary/aromatic N) is 1. The molecule has 0 aromatic heterocycles. The van der Waals surface area contributed by atoms with Gasteiger partial charge in [0.15, 0.2) is 11.6 Å². The van der Waals surface area contributed by atoms with Crippen LogP contribution in [0, 0.1) is 11.3 Å². The molecule has 27 heavy (non-hydrogen) atoms. The minimum absolute atomic E-state index is 0.197. The molecule has 0 bridgehead atoms. The Kier molecular flexibility index (Phi) is 3.87. The molecule has 1 aliphatic rings. The third-order valence-electron chi connectivity index (χ3n) is 4.48. The Morgan fingerprint density at radius 1 is 0.778 bits per heavy atom. The lowest BCUT2D eigenvalue weighted by Gasteiger charge is -2.20. The van der Waals surface area contributed by atoms with Gasteiger partial charge in [0.25, 0.3) is 5.91 Å². The van der Waals surface area contributed by atoms with E-state index >= 15 is 0 Å². The molecule has 0 saturated heterocycles. The maximum atomic E-state index is 12.9. The second-order valence-corrected chi connectivity index (χ2v) is 6.08. The van der Waals surface area contributed by atoms with Gasteiger partial charge in [0.05, 0.1) is 22.9 Å². The van der Waals surface area contributed by atoms with Crippen LogP contribution in [0.1, 0.15) is 47.8 Å². The highest BCUT2D eigenvalue weighted by molar-refractivity contribution is 6.30. The first-order valence-corrected chi connectivity index (χ1v) is 8.23. The average Bonchev–Trinajstić information content (AvgIpc) is 2.72. The molecule has 0 heterocycles. The van der Waals surface area contributed by atoms with Gasteiger partial charge in [0, 0.05) is 22.3 Å². The second kappa shape index (κ2) is 6.36. The second-order valence-electron chi connectivity index (χ2n) is 6.08. The Morgan fingerprint density at radius 3 is 2.07 bits per heavy atom. The van der Waals surface area contributed by atoms with Crippen LogP contribution < -0.4 is 5.32 Å². The summed E-state index contributed by atoms with van der Waals surface area (Å²) in [6.07, 6.45) is 0. The minimum atomic E-state index is -0.424. The lowest BCUT2D eigenvalue weighted by atomic mass is 9.83. The number of carbonyl (C=O) groups excluding carboxylic acids is 3. The van der Waals surface area contributed by atoms with Crippen molar-refractivity contribution in [3.05, 3.63) is 100 Å². The van der Waals surface area contributed by atoms with Crippen LogP contribution in [0.3, 0.4) is 0 Å². The van der Waals surface area contributed by atoms with Gasteiger partial charge < -0.3 is 5.32 Å². The van der Waals surface area contributed by atoms with E-state index in [9.17, 15) is 14.4 Å². The maximum Gasteiger partial charge on any atom is 0.255 e. The molecule has 0 spiro atoms. The molecular weight excluding hydrogens is 340 g/mol. The summed E-state index contributed by atoms with van der Waals surface area (Å²) in [6, 6.07) is 19.6. The Balaban J connectivity index is 1.74. The first-order chi connectivity index (χ1) is 13.1. The molecule has 0 saturated carbocycles. The number of amides is 1. The van der Waals surface area contributed by atoms with Gasteiger partial charge in [-0.15, -0.1) is 0 Å². The third-order valence-corrected chi connectivity index (χ3v) is 4.48. The first-order valence-electron chi connectivity index (χ1n) is 8.23. The van der Waals surface area contributed by atoms with Gasteiger partial charge in [-0.05, 0) is 30.3 Å². The molecule has 3 aromatic carbocycles. The van der Waals surface area contributed by atoms with E-state index in [4.69, 9.17) is 5.26 Å². The molecule has 0 unspecified atom stereocenters. The maximum absolute atomic E-state index is 12.9. The zero-order chi connectivity index (χ0) is 19.0. The van der Waals surface area contributed by atoms with Crippen molar-refractivity contribution in [2.24, 2.45) is 0 Å². The summed E-state index contributed by atoms with van der Waals surface area (Å²) < 4.78 is 0. The SMILES string of the molecule is N#Cc1ccc(C(=O)Nc2cccc3c2C(=O)c2ccccc2C3=O)cc1. The zero-order valence-electron chi connectivity index (χ0n) is 14.0. The van der Waals surface area contributed by atoms with Gasteiger partial charge in [-0.3, -0.25) is 14.4 Å². The van der Waals surface area contributed by atoms with E-state index in [0.29, 0.717) is 22.3 Å². The Morgan fingerprint density at radius 2 is 1.41 bits per heavy atom. The van der Waals surface area contributed by atoms with Crippen molar-refractivity contribution in [1.82, 2.24) is 0 Å². The van der Waals surface area contributed by atoms with E-state index in [1.807, 2.05) is 6.07 Å². The molecule has 4 rings (SSSR count). The summed E-state index contributed by atoms with van der Waals surface area (Å²) in [4.78, 5) is 38.2. The highest BCUT2D eigenvalue weighted by Crippen LogP contribution is 2.32. The van der Waals surface area contributed by atoms with E-state index < -0.39 is 5.91 Å². The fourth-order valence-electron chi connectivity index (χ4n) is 3.14. The summed E-state index contributed by atoms with van der Waals surface area (Å²) in [5, 5.41) is 11.6. The summed E-state index contributed by atoms with van der Waals surface area (Å²) in [6.45, 7) is 0. The van der Waals surface area contributed by atoms with Crippen molar-refractivity contribution in [3.8, 4) is 6.07 Å². The molecule has 0 atom stereocenters. The number of rotatable bonds is 2. The van der Waals surface area contributed by atoms with Crippen LogP contribution in [0.4, 0.5) is 5.69 Å². The van der Waals surface area contributed by atoms with Crippen LogP contribution in [0.15, 0.2) is 66.7 Å². The fourth-order valence-corrected chi connectivity index (χ4v) is 3.14. The molecule has 0 fully saturated rings. The summed E-state index contributed by atoms with van der Waals surface area (Å²) >= 11 is 0. The van der Waals surface area contributed by atoms with Crippen LogP contribution in [-0.2, 0) is 0 Å². The third kappa shape index (κ3) is 2.70. The molecule has 1 amide bonds. The number of nitrogens with one attached hydrogen (secondary N) is 1. The summed E-state index contributed by atoms with van der Waals surface area (Å²) in [5.74, 6) is -0.961. The van der Waals surface area contributed by atoms with Crippen molar-refractivity contribution >= 4 is 23.2 Å². The van der Waals surface area contributed by atoms with E-state index in [1.165, 1.54) is 12.1 Å². The molecule has 3 aromatic rings. The van der Waals surface area contributed by atoms with Gasteiger partial charge in [0.2, 0.25) is 0 Å². The van der Waals surface area contributed by atoms with Crippen LogP contribution in [0.2, 0.25) is 0 Å². The molecule has 0 aliphatic heterocycles. The number of anilines is 1. The molecule has 5 heteroatoms. The first kappa shape index (κ1) is 16.4. The quantitative estimate of drug-likeness (QED) is 0.597. The van der Waals surface area contributed by atoms with Gasteiger partial charge >= 0.3 is 0 Å². The van der Waals surface area contributed by atoms with Crippen LogP contribution in [0.25, 0.3) is 0 Å². The zero-order valence-corrected chi connectivity index (χ0v) is 14.0.